The van der Waals surface area contributed by atoms with Crippen LogP contribution in [0.15, 0.2) is 42.5 Å². The SMILES string of the molecule is COc1ccc(CNC(=S)NNC(=O)[C@H](C)Oc2cccc(C)c2C)cc1. The molecule has 1 amide bonds. The van der Waals surface area contributed by atoms with Crippen molar-refractivity contribution in [3.63, 3.8) is 0 Å². The number of benzene rings is 2. The molecule has 0 unspecified atom stereocenters. The van der Waals surface area contributed by atoms with Gasteiger partial charge in [-0.05, 0) is 67.9 Å². The summed E-state index contributed by atoms with van der Waals surface area (Å²) in [5.41, 5.74) is 8.41. The summed E-state index contributed by atoms with van der Waals surface area (Å²) in [6, 6.07) is 13.4. The van der Waals surface area contributed by atoms with Gasteiger partial charge in [0.1, 0.15) is 11.5 Å². The lowest BCUT2D eigenvalue weighted by molar-refractivity contribution is -0.127. The third-order valence-electron chi connectivity index (χ3n) is 4.14. The minimum Gasteiger partial charge on any atom is -0.497 e. The van der Waals surface area contributed by atoms with E-state index in [9.17, 15) is 4.79 Å². The van der Waals surface area contributed by atoms with Crippen molar-refractivity contribution in [3.8, 4) is 11.5 Å². The van der Waals surface area contributed by atoms with Crippen molar-refractivity contribution in [1.29, 1.82) is 0 Å². The lowest BCUT2D eigenvalue weighted by atomic mass is 10.1. The molecule has 7 heteroatoms. The maximum Gasteiger partial charge on any atom is 0.279 e. The van der Waals surface area contributed by atoms with Gasteiger partial charge in [0, 0.05) is 6.54 Å². The second-order valence-corrected chi connectivity index (χ2v) is 6.51. The van der Waals surface area contributed by atoms with E-state index < -0.39 is 6.10 Å². The van der Waals surface area contributed by atoms with E-state index in [1.165, 1.54) is 0 Å². The molecule has 0 aliphatic heterocycles. The molecular weight excluding hydrogens is 362 g/mol. The van der Waals surface area contributed by atoms with Crippen molar-refractivity contribution >= 4 is 23.2 Å². The molecule has 0 heterocycles. The molecule has 0 saturated heterocycles. The van der Waals surface area contributed by atoms with E-state index >= 15 is 0 Å². The smallest absolute Gasteiger partial charge is 0.279 e. The minimum atomic E-state index is -0.664. The molecule has 2 aromatic rings. The Hall–Kier alpha value is -2.80. The molecule has 0 fully saturated rings. The quantitative estimate of drug-likeness (QED) is 0.523. The Kier molecular flexibility index (Phi) is 7.43. The number of methoxy groups -OCH3 is 1. The summed E-state index contributed by atoms with van der Waals surface area (Å²) in [5.74, 6) is 1.17. The molecule has 0 aromatic heterocycles. The van der Waals surface area contributed by atoms with Gasteiger partial charge in [-0.2, -0.15) is 0 Å². The van der Waals surface area contributed by atoms with E-state index in [1.54, 1.807) is 14.0 Å². The summed E-state index contributed by atoms with van der Waals surface area (Å²) < 4.78 is 10.9. The van der Waals surface area contributed by atoms with E-state index in [0.29, 0.717) is 17.4 Å². The molecule has 3 N–H and O–H groups in total. The highest BCUT2D eigenvalue weighted by Gasteiger charge is 2.16. The molecule has 0 bridgehead atoms. The van der Waals surface area contributed by atoms with Crippen LogP contribution in [0.2, 0.25) is 0 Å². The number of thiocarbonyl (C=S) groups is 1. The highest BCUT2D eigenvalue weighted by Crippen LogP contribution is 2.21. The van der Waals surface area contributed by atoms with Crippen LogP contribution >= 0.6 is 12.2 Å². The summed E-state index contributed by atoms with van der Waals surface area (Å²) in [6.07, 6.45) is -0.664. The standard InChI is InChI=1S/C20H25N3O3S/c1-13-6-5-7-18(14(13)2)26-15(3)19(24)22-23-20(27)21-12-16-8-10-17(25-4)11-9-16/h5-11,15H,12H2,1-4H3,(H,22,24)(H2,21,23,27)/t15-/m0/s1. The zero-order valence-corrected chi connectivity index (χ0v) is 16.8. The molecule has 2 rings (SSSR count). The van der Waals surface area contributed by atoms with Gasteiger partial charge in [0.25, 0.3) is 5.91 Å². The number of amides is 1. The molecule has 144 valence electrons. The van der Waals surface area contributed by atoms with Gasteiger partial charge in [0.2, 0.25) is 0 Å². The first-order chi connectivity index (χ1) is 12.9. The lowest BCUT2D eigenvalue weighted by Gasteiger charge is -2.18. The number of ether oxygens (including phenoxy) is 2. The average molecular weight is 388 g/mol. The first kappa shape index (κ1) is 20.5. The predicted octanol–water partition coefficient (Wildman–Crippen LogP) is 2.77. The summed E-state index contributed by atoms with van der Waals surface area (Å²) in [6.45, 7) is 6.18. The Morgan fingerprint density at radius 1 is 1.11 bits per heavy atom. The van der Waals surface area contributed by atoms with Gasteiger partial charge in [0.05, 0.1) is 7.11 Å². The Morgan fingerprint density at radius 2 is 1.81 bits per heavy atom. The van der Waals surface area contributed by atoms with E-state index in [0.717, 1.165) is 22.4 Å². The first-order valence-electron chi connectivity index (χ1n) is 8.60. The number of hydrogen-bond acceptors (Lipinski definition) is 4. The van der Waals surface area contributed by atoms with Crippen LogP contribution < -0.4 is 25.6 Å². The number of hydrogen-bond donors (Lipinski definition) is 3. The van der Waals surface area contributed by atoms with Crippen LogP contribution in [0.1, 0.15) is 23.6 Å². The zero-order chi connectivity index (χ0) is 19.8. The van der Waals surface area contributed by atoms with E-state index in [1.807, 2.05) is 56.3 Å². The van der Waals surface area contributed by atoms with Crippen molar-refractivity contribution in [2.24, 2.45) is 0 Å². The molecule has 0 aliphatic rings. The van der Waals surface area contributed by atoms with Crippen molar-refractivity contribution in [2.45, 2.75) is 33.4 Å². The van der Waals surface area contributed by atoms with Crippen molar-refractivity contribution in [1.82, 2.24) is 16.2 Å². The lowest BCUT2D eigenvalue weighted by Crippen LogP contribution is -2.50. The van der Waals surface area contributed by atoms with Gasteiger partial charge in [-0.15, -0.1) is 0 Å². The number of nitrogens with one attached hydrogen (secondary N) is 3. The zero-order valence-electron chi connectivity index (χ0n) is 16.0. The summed E-state index contributed by atoms with van der Waals surface area (Å²) >= 11 is 5.17. The molecule has 0 spiro atoms. The third-order valence-corrected chi connectivity index (χ3v) is 4.39. The first-order valence-corrected chi connectivity index (χ1v) is 9.01. The summed E-state index contributed by atoms with van der Waals surface area (Å²) in [5, 5.41) is 3.34. The summed E-state index contributed by atoms with van der Waals surface area (Å²) in [4.78, 5) is 12.2. The average Bonchev–Trinajstić information content (AvgIpc) is 2.68. The van der Waals surface area contributed by atoms with Gasteiger partial charge in [-0.3, -0.25) is 15.6 Å². The Bertz CT molecular complexity index is 794. The second-order valence-electron chi connectivity index (χ2n) is 6.10. The van der Waals surface area contributed by atoms with Crippen LogP contribution in [0, 0.1) is 13.8 Å². The Labute approximate surface area is 165 Å². The molecule has 0 aliphatic carbocycles. The van der Waals surface area contributed by atoms with Gasteiger partial charge in [-0.25, -0.2) is 0 Å². The molecule has 1 atom stereocenters. The van der Waals surface area contributed by atoms with Crippen LogP contribution in [0.3, 0.4) is 0 Å². The van der Waals surface area contributed by atoms with Gasteiger partial charge in [-0.1, -0.05) is 24.3 Å². The Morgan fingerprint density at radius 3 is 2.48 bits per heavy atom. The topological polar surface area (TPSA) is 71.6 Å². The van der Waals surface area contributed by atoms with Crippen molar-refractivity contribution in [3.05, 3.63) is 59.2 Å². The predicted molar refractivity (Wildman–Crippen MR) is 110 cm³/mol. The number of hydrazine groups is 1. The van der Waals surface area contributed by atoms with Crippen LogP contribution in [0.5, 0.6) is 11.5 Å². The molecule has 2 aromatic carbocycles. The highest BCUT2D eigenvalue weighted by atomic mass is 32.1. The maximum atomic E-state index is 12.2. The van der Waals surface area contributed by atoms with Gasteiger partial charge in [0.15, 0.2) is 11.2 Å². The van der Waals surface area contributed by atoms with Crippen LogP contribution in [0.4, 0.5) is 0 Å². The van der Waals surface area contributed by atoms with E-state index in [2.05, 4.69) is 16.2 Å². The fraction of sp³-hybridized carbons (Fsp3) is 0.300. The normalized spacial score (nSPS) is 11.3. The molecule has 0 saturated carbocycles. The number of aryl methyl sites for hydroxylation is 1. The fourth-order valence-corrected chi connectivity index (χ4v) is 2.41. The van der Waals surface area contributed by atoms with Crippen LogP contribution in [-0.2, 0) is 11.3 Å². The number of carbonyl (C=O) groups excluding carboxylic acids is 1. The van der Waals surface area contributed by atoms with Gasteiger partial charge < -0.3 is 14.8 Å². The molecule has 27 heavy (non-hydrogen) atoms. The van der Waals surface area contributed by atoms with Gasteiger partial charge >= 0.3 is 0 Å². The number of carbonyl (C=O) groups is 1. The van der Waals surface area contributed by atoms with E-state index in [4.69, 9.17) is 21.7 Å². The largest absolute Gasteiger partial charge is 0.497 e. The van der Waals surface area contributed by atoms with Crippen molar-refractivity contribution < 1.29 is 14.3 Å². The minimum absolute atomic E-state index is 0.315. The van der Waals surface area contributed by atoms with Crippen LogP contribution in [-0.4, -0.2) is 24.2 Å². The maximum absolute atomic E-state index is 12.2. The fourth-order valence-electron chi connectivity index (χ4n) is 2.29. The highest BCUT2D eigenvalue weighted by molar-refractivity contribution is 7.80. The molecule has 0 radical (unpaired) electrons. The molecule has 6 nitrogen and oxygen atoms in total. The molecular formula is C20H25N3O3S. The number of rotatable bonds is 6. The summed E-state index contributed by atoms with van der Waals surface area (Å²) in [7, 11) is 1.62. The second kappa shape index (κ2) is 9.78. The third kappa shape index (κ3) is 6.14. The van der Waals surface area contributed by atoms with E-state index in [-0.39, 0.29) is 5.91 Å². The monoisotopic (exact) mass is 387 g/mol. The Balaban J connectivity index is 1.76. The van der Waals surface area contributed by atoms with Crippen LogP contribution in [0.25, 0.3) is 0 Å². The van der Waals surface area contributed by atoms with Crippen molar-refractivity contribution in [2.75, 3.05) is 7.11 Å².